The zero-order valence-corrected chi connectivity index (χ0v) is 12.4. The lowest BCUT2D eigenvalue weighted by Gasteiger charge is -2.08. The monoisotopic (exact) mass is 308 g/mol. The van der Waals surface area contributed by atoms with Gasteiger partial charge in [-0.3, -0.25) is 9.48 Å². The van der Waals surface area contributed by atoms with Gasteiger partial charge in [0, 0.05) is 17.9 Å². The lowest BCUT2D eigenvalue weighted by Crippen LogP contribution is -2.21. The topological polar surface area (TPSA) is 26.9 Å². The second kappa shape index (κ2) is 5.14. The van der Waals surface area contributed by atoms with Crippen LogP contribution in [0.3, 0.4) is 0 Å². The van der Waals surface area contributed by atoms with Gasteiger partial charge in [0.2, 0.25) is 0 Å². The van der Waals surface area contributed by atoms with Crippen molar-refractivity contribution in [1.29, 1.82) is 0 Å². The summed E-state index contributed by atoms with van der Waals surface area (Å²) < 4.78 is 3.66. The average Bonchev–Trinajstić information content (AvgIpc) is 2.61. The van der Waals surface area contributed by atoms with Gasteiger partial charge < -0.3 is 0 Å². The van der Waals surface area contributed by atoms with Crippen LogP contribution in [-0.4, -0.2) is 9.36 Å². The van der Waals surface area contributed by atoms with E-state index in [4.69, 9.17) is 0 Å². The first-order valence-electron chi connectivity index (χ1n) is 6.00. The molecule has 96 valence electrons. The van der Waals surface area contributed by atoms with Gasteiger partial charge in [0.1, 0.15) is 0 Å². The van der Waals surface area contributed by atoms with E-state index in [-0.39, 0.29) is 11.5 Å². The van der Waals surface area contributed by atoms with Gasteiger partial charge in [-0.1, -0.05) is 48.0 Å². The maximum absolute atomic E-state index is 12.5. The molecule has 2 rings (SSSR count). The summed E-state index contributed by atoms with van der Waals surface area (Å²) in [5, 5.41) is 0.687. The van der Waals surface area contributed by atoms with Crippen molar-refractivity contribution in [3.63, 3.8) is 0 Å². The molecule has 0 atom stereocenters. The second-order valence-corrected chi connectivity index (χ2v) is 5.19. The quantitative estimate of drug-likeness (QED) is 0.800. The van der Waals surface area contributed by atoms with Crippen molar-refractivity contribution in [1.82, 2.24) is 9.36 Å². The van der Waals surface area contributed by atoms with Crippen molar-refractivity contribution in [3.05, 3.63) is 51.9 Å². The van der Waals surface area contributed by atoms with E-state index in [0.717, 1.165) is 16.9 Å². The highest BCUT2D eigenvalue weighted by Crippen LogP contribution is 2.20. The number of halogens is 1. The molecule has 1 aromatic carbocycles. The van der Waals surface area contributed by atoms with E-state index in [1.54, 1.807) is 4.68 Å². The Bertz CT molecular complexity index is 596. The second-order valence-electron chi connectivity index (χ2n) is 4.62. The molecular weight excluding hydrogens is 292 g/mol. The number of alkyl halides is 1. The van der Waals surface area contributed by atoms with Crippen LogP contribution in [0.15, 0.2) is 35.1 Å². The van der Waals surface area contributed by atoms with Crippen LogP contribution in [0.2, 0.25) is 0 Å². The first kappa shape index (κ1) is 13.1. The van der Waals surface area contributed by atoms with Crippen LogP contribution >= 0.6 is 15.9 Å². The fourth-order valence-corrected chi connectivity index (χ4v) is 2.93. The summed E-state index contributed by atoms with van der Waals surface area (Å²) in [6.45, 7) is 4.11. The minimum absolute atomic E-state index is 0.0770. The molecule has 0 aliphatic carbocycles. The number of hydrogen-bond donors (Lipinski definition) is 0. The Morgan fingerprint density at radius 3 is 2.28 bits per heavy atom. The van der Waals surface area contributed by atoms with E-state index in [1.807, 2.05) is 42.1 Å². The van der Waals surface area contributed by atoms with Gasteiger partial charge in [0.05, 0.1) is 11.4 Å². The van der Waals surface area contributed by atoms with E-state index in [2.05, 4.69) is 29.8 Å². The molecule has 0 saturated carbocycles. The third kappa shape index (κ3) is 2.05. The molecule has 0 fully saturated rings. The molecule has 0 unspecified atom stereocenters. The molecule has 0 bridgehead atoms. The van der Waals surface area contributed by atoms with Gasteiger partial charge in [-0.2, -0.15) is 0 Å². The lowest BCUT2D eigenvalue weighted by molar-refractivity contribution is 0.628. The van der Waals surface area contributed by atoms with Crippen LogP contribution in [0.1, 0.15) is 31.0 Å². The molecule has 0 saturated heterocycles. The predicted octanol–water partition coefficient (Wildman–Crippen LogP) is 3.19. The van der Waals surface area contributed by atoms with E-state index >= 15 is 0 Å². The highest BCUT2D eigenvalue weighted by molar-refractivity contribution is 9.08. The summed E-state index contributed by atoms with van der Waals surface area (Å²) in [7, 11) is 1.93. The molecule has 0 aliphatic rings. The minimum atomic E-state index is 0.0770. The van der Waals surface area contributed by atoms with Crippen molar-refractivity contribution >= 4 is 15.9 Å². The number of rotatable bonds is 3. The van der Waals surface area contributed by atoms with Gasteiger partial charge in [0.25, 0.3) is 5.56 Å². The Kier molecular flexibility index (Phi) is 3.76. The fourth-order valence-electron chi connectivity index (χ4n) is 2.27. The molecular formula is C14H17BrN2O. The first-order valence-corrected chi connectivity index (χ1v) is 7.12. The average molecular weight is 309 g/mol. The fraction of sp³-hybridized carbons (Fsp3) is 0.357. The molecule has 0 N–H and O–H groups in total. The number of benzene rings is 1. The van der Waals surface area contributed by atoms with E-state index in [9.17, 15) is 4.79 Å². The Labute approximate surface area is 115 Å². The number of nitrogens with zero attached hydrogens (tertiary/aromatic N) is 2. The molecule has 0 aliphatic heterocycles. The Morgan fingerprint density at radius 2 is 1.83 bits per heavy atom. The van der Waals surface area contributed by atoms with E-state index in [0.29, 0.717) is 5.33 Å². The summed E-state index contributed by atoms with van der Waals surface area (Å²) >= 11 is 3.47. The zero-order valence-electron chi connectivity index (χ0n) is 10.9. The lowest BCUT2D eigenvalue weighted by atomic mass is 10.0. The molecule has 2 aromatic rings. The van der Waals surface area contributed by atoms with Crippen LogP contribution in [0.5, 0.6) is 0 Å². The van der Waals surface area contributed by atoms with E-state index < -0.39 is 0 Å². The van der Waals surface area contributed by atoms with Crippen molar-refractivity contribution in [2.24, 2.45) is 7.05 Å². The molecule has 3 nitrogen and oxygen atoms in total. The third-order valence-corrected chi connectivity index (χ3v) is 3.66. The number of para-hydroxylation sites is 1. The van der Waals surface area contributed by atoms with Gasteiger partial charge in [-0.15, -0.1) is 0 Å². The molecule has 0 amide bonds. The van der Waals surface area contributed by atoms with Crippen LogP contribution in [-0.2, 0) is 12.4 Å². The predicted molar refractivity (Wildman–Crippen MR) is 77.7 cm³/mol. The molecule has 0 spiro atoms. The summed E-state index contributed by atoms with van der Waals surface area (Å²) in [5.74, 6) is 0.223. The van der Waals surface area contributed by atoms with E-state index in [1.165, 1.54) is 0 Å². The van der Waals surface area contributed by atoms with Gasteiger partial charge in [-0.25, -0.2) is 4.68 Å². The van der Waals surface area contributed by atoms with Crippen molar-refractivity contribution in [2.45, 2.75) is 25.1 Å². The third-order valence-electron chi connectivity index (χ3n) is 3.13. The van der Waals surface area contributed by atoms with Crippen LogP contribution in [0.25, 0.3) is 5.69 Å². The summed E-state index contributed by atoms with van der Waals surface area (Å²) in [6.07, 6.45) is 0. The Balaban J connectivity index is 2.74. The van der Waals surface area contributed by atoms with Crippen molar-refractivity contribution in [2.75, 3.05) is 0 Å². The normalized spacial score (nSPS) is 11.2. The highest BCUT2D eigenvalue weighted by atomic mass is 79.9. The maximum Gasteiger partial charge on any atom is 0.275 e. The molecule has 1 heterocycles. The molecule has 1 aromatic heterocycles. The minimum Gasteiger partial charge on any atom is -0.284 e. The summed E-state index contributed by atoms with van der Waals surface area (Å²) in [6, 6.07) is 9.73. The smallest absolute Gasteiger partial charge is 0.275 e. The largest absolute Gasteiger partial charge is 0.284 e. The highest BCUT2D eigenvalue weighted by Gasteiger charge is 2.19. The molecule has 0 radical (unpaired) electrons. The summed E-state index contributed by atoms with van der Waals surface area (Å²) in [4.78, 5) is 12.5. The molecule has 4 heteroatoms. The molecule has 18 heavy (non-hydrogen) atoms. The van der Waals surface area contributed by atoms with Gasteiger partial charge >= 0.3 is 0 Å². The number of hydrogen-bond acceptors (Lipinski definition) is 1. The van der Waals surface area contributed by atoms with Crippen LogP contribution in [0.4, 0.5) is 0 Å². The first-order chi connectivity index (χ1) is 8.57. The van der Waals surface area contributed by atoms with Crippen LogP contribution < -0.4 is 5.56 Å². The maximum atomic E-state index is 12.5. The van der Waals surface area contributed by atoms with Gasteiger partial charge in [-0.05, 0) is 18.1 Å². The summed E-state index contributed by atoms with van der Waals surface area (Å²) in [5.41, 5.74) is 2.91. The Morgan fingerprint density at radius 1 is 1.22 bits per heavy atom. The van der Waals surface area contributed by atoms with Gasteiger partial charge in [0.15, 0.2) is 0 Å². The van der Waals surface area contributed by atoms with Crippen LogP contribution in [0, 0.1) is 0 Å². The number of aromatic nitrogens is 2. The SMILES string of the molecule is CC(C)c1c(CBr)n(C)n(-c2ccccc2)c1=O. The van der Waals surface area contributed by atoms with Crippen molar-refractivity contribution < 1.29 is 0 Å². The van der Waals surface area contributed by atoms with Crippen molar-refractivity contribution in [3.8, 4) is 5.69 Å². The Hall–Kier alpha value is -1.29. The standard InChI is InChI=1S/C14H17BrN2O/c1-10(2)13-12(9-15)16(3)17(14(13)18)11-7-5-4-6-8-11/h4-8,10H,9H2,1-3H3. The zero-order chi connectivity index (χ0) is 13.3.